The van der Waals surface area contributed by atoms with Crippen molar-refractivity contribution in [3.63, 3.8) is 0 Å². The normalized spacial score (nSPS) is 13.2. The molecule has 2 aromatic carbocycles. The summed E-state index contributed by atoms with van der Waals surface area (Å²) < 4.78 is 27.0. The molecular weight excluding hydrogens is 322 g/mol. The van der Waals surface area contributed by atoms with Gasteiger partial charge >= 0.3 is 0 Å². The van der Waals surface area contributed by atoms with E-state index in [0.717, 1.165) is 12.0 Å². The SMILES string of the molecule is CCc1ccc(S(=O)(=O)NCC(O)c2ccc(C(C)C)cc2)cc1. The number of rotatable bonds is 7. The lowest BCUT2D eigenvalue weighted by atomic mass is 10.00. The summed E-state index contributed by atoms with van der Waals surface area (Å²) in [5.74, 6) is 0.417. The van der Waals surface area contributed by atoms with Gasteiger partial charge in [0.2, 0.25) is 10.0 Å². The van der Waals surface area contributed by atoms with Crippen LogP contribution >= 0.6 is 0 Å². The van der Waals surface area contributed by atoms with Crippen LogP contribution in [0.4, 0.5) is 0 Å². The predicted octanol–water partition coefficient (Wildman–Crippen LogP) is 3.38. The van der Waals surface area contributed by atoms with E-state index in [4.69, 9.17) is 0 Å². The largest absolute Gasteiger partial charge is 0.387 e. The lowest BCUT2D eigenvalue weighted by Crippen LogP contribution is -2.28. The van der Waals surface area contributed by atoms with Crippen molar-refractivity contribution in [2.75, 3.05) is 6.54 Å². The van der Waals surface area contributed by atoms with Crippen LogP contribution < -0.4 is 4.72 Å². The zero-order valence-electron chi connectivity index (χ0n) is 14.4. The van der Waals surface area contributed by atoms with Crippen molar-refractivity contribution >= 4 is 10.0 Å². The van der Waals surface area contributed by atoms with Gasteiger partial charge in [-0.15, -0.1) is 0 Å². The summed E-state index contributed by atoms with van der Waals surface area (Å²) in [5, 5.41) is 10.2. The monoisotopic (exact) mass is 347 g/mol. The van der Waals surface area contributed by atoms with E-state index in [1.54, 1.807) is 24.3 Å². The molecule has 1 atom stereocenters. The molecule has 0 saturated heterocycles. The van der Waals surface area contributed by atoms with Gasteiger partial charge in [-0.3, -0.25) is 0 Å². The van der Waals surface area contributed by atoms with Crippen LogP contribution in [0.25, 0.3) is 0 Å². The number of aliphatic hydroxyl groups is 1. The van der Waals surface area contributed by atoms with Gasteiger partial charge in [-0.1, -0.05) is 57.2 Å². The zero-order chi connectivity index (χ0) is 17.7. The molecular formula is C19H25NO3S. The Balaban J connectivity index is 2.02. The van der Waals surface area contributed by atoms with E-state index in [0.29, 0.717) is 11.5 Å². The van der Waals surface area contributed by atoms with Crippen molar-refractivity contribution in [3.05, 3.63) is 65.2 Å². The van der Waals surface area contributed by atoms with Gasteiger partial charge in [-0.05, 0) is 41.2 Å². The average molecular weight is 347 g/mol. The van der Waals surface area contributed by atoms with Crippen LogP contribution in [0, 0.1) is 0 Å². The van der Waals surface area contributed by atoms with E-state index in [1.807, 2.05) is 31.2 Å². The molecule has 0 aliphatic carbocycles. The minimum absolute atomic E-state index is 0.0567. The van der Waals surface area contributed by atoms with Gasteiger partial charge in [0, 0.05) is 6.54 Å². The molecule has 24 heavy (non-hydrogen) atoms. The second kappa shape index (κ2) is 7.92. The summed E-state index contributed by atoms with van der Waals surface area (Å²) in [6, 6.07) is 14.4. The highest BCUT2D eigenvalue weighted by Crippen LogP contribution is 2.19. The third kappa shape index (κ3) is 4.66. The summed E-state index contributed by atoms with van der Waals surface area (Å²) >= 11 is 0. The Morgan fingerprint density at radius 3 is 2.00 bits per heavy atom. The standard InChI is InChI=1S/C19H25NO3S/c1-4-15-5-11-18(12-6-15)24(22,23)20-13-19(21)17-9-7-16(8-10-17)14(2)3/h5-12,14,19-21H,4,13H2,1-3H3. The second-order valence-electron chi connectivity index (χ2n) is 6.19. The zero-order valence-corrected chi connectivity index (χ0v) is 15.2. The highest BCUT2D eigenvalue weighted by atomic mass is 32.2. The minimum atomic E-state index is -3.62. The molecule has 0 amide bonds. The first-order valence-corrected chi connectivity index (χ1v) is 9.68. The van der Waals surface area contributed by atoms with E-state index in [2.05, 4.69) is 18.6 Å². The van der Waals surface area contributed by atoms with Gasteiger partial charge < -0.3 is 5.11 Å². The number of benzene rings is 2. The van der Waals surface area contributed by atoms with Crippen LogP contribution in [0.5, 0.6) is 0 Å². The number of sulfonamides is 1. The first-order chi connectivity index (χ1) is 11.3. The van der Waals surface area contributed by atoms with E-state index in [9.17, 15) is 13.5 Å². The van der Waals surface area contributed by atoms with E-state index >= 15 is 0 Å². The first-order valence-electron chi connectivity index (χ1n) is 8.20. The van der Waals surface area contributed by atoms with Gasteiger partial charge in [0.1, 0.15) is 0 Å². The second-order valence-corrected chi connectivity index (χ2v) is 7.95. The van der Waals surface area contributed by atoms with Gasteiger partial charge in [-0.25, -0.2) is 13.1 Å². The molecule has 2 rings (SSSR count). The molecule has 4 nitrogen and oxygen atoms in total. The van der Waals surface area contributed by atoms with Crippen molar-refractivity contribution in [2.24, 2.45) is 0 Å². The number of hydrogen-bond donors (Lipinski definition) is 2. The van der Waals surface area contributed by atoms with Crippen LogP contribution in [0.3, 0.4) is 0 Å². The van der Waals surface area contributed by atoms with E-state index in [-0.39, 0.29) is 11.4 Å². The molecule has 0 aromatic heterocycles. The lowest BCUT2D eigenvalue weighted by Gasteiger charge is -2.14. The minimum Gasteiger partial charge on any atom is -0.387 e. The van der Waals surface area contributed by atoms with Crippen molar-refractivity contribution < 1.29 is 13.5 Å². The Bertz CT molecular complexity index is 750. The van der Waals surface area contributed by atoms with Gasteiger partial charge in [-0.2, -0.15) is 0 Å². The first kappa shape index (κ1) is 18.6. The van der Waals surface area contributed by atoms with Crippen molar-refractivity contribution in [1.82, 2.24) is 4.72 Å². The molecule has 1 unspecified atom stereocenters. The lowest BCUT2D eigenvalue weighted by molar-refractivity contribution is 0.182. The predicted molar refractivity (Wildman–Crippen MR) is 96.5 cm³/mol. The molecule has 0 radical (unpaired) electrons. The maximum Gasteiger partial charge on any atom is 0.240 e. The molecule has 0 spiro atoms. The average Bonchev–Trinajstić information content (AvgIpc) is 2.60. The van der Waals surface area contributed by atoms with Crippen LogP contribution in [0.15, 0.2) is 53.4 Å². The summed E-state index contributed by atoms with van der Waals surface area (Å²) in [5.41, 5.74) is 2.96. The topological polar surface area (TPSA) is 66.4 Å². The Morgan fingerprint density at radius 1 is 0.958 bits per heavy atom. The molecule has 130 valence electrons. The molecule has 0 heterocycles. The third-order valence-electron chi connectivity index (χ3n) is 4.10. The van der Waals surface area contributed by atoms with Crippen molar-refractivity contribution in [1.29, 1.82) is 0 Å². The number of aliphatic hydroxyl groups excluding tert-OH is 1. The maximum absolute atomic E-state index is 12.3. The van der Waals surface area contributed by atoms with Crippen LogP contribution in [-0.4, -0.2) is 20.1 Å². The quantitative estimate of drug-likeness (QED) is 0.807. The number of hydrogen-bond acceptors (Lipinski definition) is 3. The molecule has 0 aliphatic heterocycles. The molecule has 5 heteroatoms. The van der Waals surface area contributed by atoms with Crippen molar-refractivity contribution in [3.8, 4) is 0 Å². The van der Waals surface area contributed by atoms with Gasteiger partial charge in [0.15, 0.2) is 0 Å². The Hall–Kier alpha value is -1.69. The van der Waals surface area contributed by atoms with Crippen LogP contribution in [0.2, 0.25) is 0 Å². The van der Waals surface area contributed by atoms with Crippen LogP contribution in [-0.2, 0) is 16.4 Å². The Labute approximate surface area is 144 Å². The third-order valence-corrected chi connectivity index (χ3v) is 5.54. The molecule has 2 N–H and O–H groups in total. The Morgan fingerprint density at radius 2 is 1.50 bits per heavy atom. The van der Waals surface area contributed by atoms with Gasteiger partial charge in [0.25, 0.3) is 0 Å². The number of aryl methyl sites for hydroxylation is 1. The highest BCUT2D eigenvalue weighted by molar-refractivity contribution is 7.89. The summed E-state index contributed by atoms with van der Waals surface area (Å²) in [4.78, 5) is 0.210. The molecule has 2 aromatic rings. The molecule has 0 fully saturated rings. The maximum atomic E-state index is 12.3. The van der Waals surface area contributed by atoms with E-state index in [1.165, 1.54) is 5.56 Å². The number of nitrogens with one attached hydrogen (secondary N) is 1. The fraction of sp³-hybridized carbons (Fsp3) is 0.368. The summed E-state index contributed by atoms with van der Waals surface area (Å²) in [6.07, 6.45) is -0.0188. The highest BCUT2D eigenvalue weighted by Gasteiger charge is 2.16. The molecule has 0 bridgehead atoms. The van der Waals surface area contributed by atoms with E-state index < -0.39 is 16.1 Å². The summed E-state index contributed by atoms with van der Waals surface area (Å²) in [7, 11) is -3.62. The fourth-order valence-electron chi connectivity index (χ4n) is 2.40. The Kier molecular flexibility index (Phi) is 6.15. The van der Waals surface area contributed by atoms with Crippen LogP contribution in [0.1, 0.15) is 49.5 Å². The van der Waals surface area contributed by atoms with Gasteiger partial charge in [0.05, 0.1) is 11.0 Å². The summed E-state index contributed by atoms with van der Waals surface area (Å²) in [6.45, 7) is 6.16. The van der Waals surface area contributed by atoms with Crippen molar-refractivity contribution in [2.45, 2.75) is 44.1 Å². The fourth-order valence-corrected chi connectivity index (χ4v) is 3.44. The smallest absolute Gasteiger partial charge is 0.240 e. The molecule has 0 aliphatic rings. The molecule has 0 saturated carbocycles.